The molecular weight excluding hydrogens is 347 g/mol. The van der Waals surface area contributed by atoms with E-state index < -0.39 is 0 Å². The topological polar surface area (TPSA) is 32.8 Å². The Labute approximate surface area is 153 Å². The second kappa shape index (κ2) is 7.20. The van der Waals surface area contributed by atoms with Crippen molar-refractivity contribution in [2.24, 2.45) is 5.41 Å². The summed E-state index contributed by atoms with van der Waals surface area (Å²) in [6, 6.07) is 5.53. The molecule has 2 aliphatic rings. The fourth-order valence-electron chi connectivity index (χ4n) is 3.46. The molecule has 2 heterocycles. The first kappa shape index (κ1) is 18.0. The van der Waals surface area contributed by atoms with E-state index in [1.54, 1.807) is 6.07 Å². The molecule has 1 aromatic carbocycles. The van der Waals surface area contributed by atoms with Gasteiger partial charge in [-0.15, -0.1) is 0 Å². The first-order valence-corrected chi connectivity index (χ1v) is 9.19. The second-order valence-corrected chi connectivity index (χ2v) is 7.96. The van der Waals surface area contributed by atoms with Crippen LogP contribution in [0.15, 0.2) is 18.2 Å². The van der Waals surface area contributed by atoms with E-state index in [0.29, 0.717) is 29.7 Å². The van der Waals surface area contributed by atoms with Crippen LogP contribution in [0.5, 0.6) is 0 Å². The molecule has 0 aliphatic carbocycles. The Morgan fingerprint density at radius 2 is 1.92 bits per heavy atom. The van der Waals surface area contributed by atoms with E-state index in [9.17, 15) is 4.79 Å². The highest BCUT2D eigenvalue weighted by Crippen LogP contribution is 2.35. The summed E-state index contributed by atoms with van der Waals surface area (Å²) in [5, 5.41) is 1.05. The molecule has 0 radical (unpaired) electrons. The number of rotatable bonds is 2. The van der Waals surface area contributed by atoms with E-state index in [4.69, 9.17) is 27.9 Å². The van der Waals surface area contributed by atoms with Gasteiger partial charge in [0.05, 0.1) is 23.2 Å². The lowest BCUT2D eigenvalue weighted by molar-refractivity contribution is -0.151. The first-order chi connectivity index (χ1) is 11.4. The Hall–Kier alpha value is -0.810. The van der Waals surface area contributed by atoms with Gasteiger partial charge in [-0.05, 0) is 50.7 Å². The van der Waals surface area contributed by atoms with Gasteiger partial charge in [-0.1, -0.05) is 36.2 Å². The van der Waals surface area contributed by atoms with Crippen molar-refractivity contribution in [1.29, 1.82) is 0 Å². The maximum absolute atomic E-state index is 13.1. The minimum atomic E-state index is -0.258. The normalized spacial score (nSPS) is 24.8. The van der Waals surface area contributed by atoms with Crippen molar-refractivity contribution in [3.8, 4) is 0 Å². The number of likely N-dealkylation sites (tertiary alicyclic amines) is 1. The Bertz CT molecular complexity index is 615. The zero-order chi connectivity index (χ0) is 17.3. The van der Waals surface area contributed by atoms with Crippen molar-refractivity contribution < 1.29 is 9.53 Å². The summed E-state index contributed by atoms with van der Waals surface area (Å²) in [4.78, 5) is 17.3. The number of morpholine rings is 1. The van der Waals surface area contributed by atoms with Crippen LogP contribution in [0.4, 0.5) is 0 Å². The number of carbonyl (C=O) groups excluding carboxylic acids is 1. The number of benzene rings is 1. The van der Waals surface area contributed by atoms with Crippen molar-refractivity contribution in [3.63, 3.8) is 0 Å². The van der Waals surface area contributed by atoms with Gasteiger partial charge in [-0.2, -0.15) is 0 Å². The molecular formula is C18H24Cl2N2O2. The lowest BCUT2D eigenvalue weighted by atomic mass is 9.79. The minimum Gasteiger partial charge on any atom is -0.370 e. The second-order valence-electron chi connectivity index (χ2n) is 7.15. The van der Waals surface area contributed by atoms with Crippen LogP contribution in [-0.4, -0.2) is 55.5 Å². The fourth-order valence-corrected chi connectivity index (χ4v) is 3.76. The van der Waals surface area contributed by atoms with Crippen molar-refractivity contribution in [2.75, 3.05) is 39.8 Å². The van der Waals surface area contributed by atoms with E-state index in [2.05, 4.69) is 18.9 Å². The molecule has 132 valence electrons. The smallest absolute Gasteiger partial charge is 0.228 e. The van der Waals surface area contributed by atoms with Gasteiger partial charge >= 0.3 is 0 Å². The number of hydrogen-bond donors (Lipinski definition) is 0. The van der Waals surface area contributed by atoms with Crippen LogP contribution in [0.1, 0.15) is 31.4 Å². The molecule has 1 aromatic rings. The van der Waals surface area contributed by atoms with Crippen LogP contribution < -0.4 is 0 Å². The molecule has 4 nitrogen and oxygen atoms in total. The number of piperidine rings is 1. The van der Waals surface area contributed by atoms with Gasteiger partial charge in [-0.3, -0.25) is 4.79 Å². The molecule has 2 aliphatic heterocycles. The van der Waals surface area contributed by atoms with Gasteiger partial charge in [0.25, 0.3) is 0 Å². The molecule has 0 saturated carbocycles. The standard InChI is InChI=1S/C18H24Cl2N2O2/c1-18(5-7-21(2)8-6-18)17(23)22-9-10-24-16(12-22)13-3-4-14(19)15(20)11-13/h3-4,11,16H,5-10,12H2,1-2H3. The largest absolute Gasteiger partial charge is 0.370 e. The summed E-state index contributed by atoms with van der Waals surface area (Å²) in [5.74, 6) is 0.254. The Morgan fingerprint density at radius 1 is 1.21 bits per heavy atom. The van der Waals surface area contributed by atoms with Gasteiger partial charge in [0.1, 0.15) is 6.10 Å². The summed E-state index contributed by atoms with van der Waals surface area (Å²) in [6.07, 6.45) is 1.68. The molecule has 3 rings (SSSR count). The molecule has 24 heavy (non-hydrogen) atoms. The molecule has 2 fully saturated rings. The molecule has 0 bridgehead atoms. The number of amides is 1. The van der Waals surface area contributed by atoms with E-state index in [0.717, 1.165) is 31.5 Å². The highest BCUT2D eigenvalue weighted by atomic mass is 35.5. The van der Waals surface area contributed by atoms with Crippen LogP contribution in [-0.2, 0) is 9.53 Å². The van der Waals surface area contributed by atoms with Crippen LogP contribution in [0.2, 0.25) is 10.0 Å². The maximum atomic E-state index is 13.1. The summed E-state index contributed by atoms with van der Waals surface area (Å²) in [6.45, 7) is 5.83. The Kier molecular flexibility index (Phi) is 5.40. The number of carbonyl (C=O) groups is 1. The lowest BCUT2D eigenvalue weighted by Gasteiger charge is -2.42. The molecule has 0 N–H and O–H groups in total. The maximum Gasteiger partial charge on any atom is 0.228 e. The van der Waals surface area contributed by atoms with Gasteiger partial charge in [0.15, 0.2) is 0 Å². The highest BCUT2D eigenvalue weighted by molar-refractivity contribution is 6.42. The fraction of sp³-hybridized carbons (Fsp3) is 0.611. The van der Waals surface area contributed by atoms with Gasteiger partial charge < -0.3 is 14.5 Å². The van der Waals surface area contributed by atoms with Crippen LogP contribution in [0.25, 0.3) is 0 Å². The van der Waals surface area contributed by atoms with E-state index in [1.807, 2.05) is 17.0 Å². The number of ether oxygens (including phenoxy) is 1. The molecule has 1 amide bonds. The molecule has 0 spiro atoms. The number of nitrogens with zero attached hydrogens (tertiary/aromatic N) is 2. The monoisotopic (exact) mass is 370 g/mol. The summed E-state index contributed by atoms with van der Waals surface area (Å²) in [5.41, 5.74) is 0.710. The highest BCUT2D eigenvalue weighted by Gasteiger charge is 2.40. The van der Waals surface area contributed by atoms with Crippen molar-refractivity contribution in [3.05, 3.63) is 33.8 Å². The third kappa shape index (κ3) is 3.72. The Balaban J connectivity index is 1.71. The summed E-state index contributed by atoms with van der Waals surface area (Å²) >= 11 is 12.1. The number of halogens is 2. The van der Waals surface area contributed by atoms with Crippen LogP contribution in [0, 0.1) is 5.41 Å². The predicted octanol–water partition coefficient (Wildman–Crippen LogP) is 3.63. The summed E-state index contributed by atoms with van der Waals surface area (Å²) in [7, 11) is 2.11. The third-order valence-electron chi connectivity index (χ3n) is 5.28. The average Bonchev–Trinajstić information content (AvgIpc) is 2.59. The molecule has 1 atom stereocenters. The SMILES string of the molecule is CN1CCC(C)(C(=O)N2CCOC(c3ccc(Cl)c(Cl)c3)C2)CC1. The predicted molar refractivity (Wildman–Crippen MR) is 96.6 cm³/mol. The summed E-state index contributed by atoms with van der Waals surface area (Å²) < 4.78 is 5.87. The first-order valence-electron chi connectivity index (χ1n) is 8.43. The molecule has 1 unspecified atom stereocenters. The van der Waals surface area contributed by atoms with E-state index >= 15 is 0 Å². The van der Waals surface area contributed by atoms with Gasteiger partial charge in [-0.25, -0.2) is 0 Å². The number of hydrogen-bond acceptors (Lipinski definition) is 3. The van der Waals surface area contributed by atoms with Crippen LogP contribution >= 0.6 is 23.2 Å². The lowest BCUT2D eigenvalue weighted by Crippen LogP contribution is -2.51. The quantitative estimate of drug-likeness (QED) is 0.796. The Morgan fingerprint density at radius 3 is 2.58 bits per heavy atom. The molecule has 6 heteroatoms. The van der Waals surface area contributed by atoms with E-state index in [1.165, 1.54) is 0 Å². The van der Waals surface area contributed by atoms with Crippen LogP contribution in [0.3, 0.4) is 0 Å². The minimum absolute atomic E-state index is 0.146. The van der Waals surface area contributed by atoms with Crippen molar-refractivity contribution in [2.45, 2.75) is 25.9 Å². The average molecular weight is 371 g/mol. The van der Waals surface area contributed by atoms with Crippen molar-refractivity contribution >= 4 is 29.1 Å². The zero-order valence-electron chi connectivity index (χ0n) is 14.2. The van der Waals surface area contributed by atoms with E-state index in [-0.39, 0.29) is 17.4 Å². The van der Waals surface area contributed by atoms with Gasteiger partial charge in [0, 0.05) is 12.0 Å². The molecule has 0 aromatic heterocycles. The third-order valence-corrected chi connectivity index (χ3v) is 6.02. The molecule has 2 saturated heterocycles. The van der Waals surface area contributed by atoms with Gasteiger partial charge in [0.2, 0.25) is 5.91 Å². The van der Waals surface area contributed by atoms with Crippen molar-refractivity contribution in [1.82, 2.24) is 9.80 Å². The zero-order valence-corrected chi connectivity index (χ0v) is 15.7.